The highest BCUT2D eigenvalue weighted by Gasteiger charge is 2.49. The number of hydrogen-bond donors (Lipinski definition) is 2. The zero-order valence-corrected chi connectivity index (χ0v) is 14.6. The molecule has 0 aliphatic heterocycles. The van der Waals surface area contributed by atoms with Gasteiger partial charge in [-0.25, -0.2) is 9.78 Å². The Morgan fingerprint density at radius 2 is 1.75 bits per heavy atom. The van der Waals surface area contributed by atoms with Crippen LogP contribution in [0.1, 0.15) is 40.0 Å². The Kier molecular flexibility index (Phi) is 4.06. The van der Waals surface area contributed by atoms with E-state index in [-0.39, 0.29) is 11.1 Å². The number of carbonyl (C=O) groups is 1. The molecule has 0 radical (unpaired) electrons. The first-order valence-corrected chi connectivity index (χ1v) is 8.73. The second kappa shape index (κ2) is 6.22. The molecule has 1 aliphatic rings. The van der Waals surface area contributed by atoms with E-state index in [1.54, 1.807) is 0 Å². The molecular weight excluding hydrogens is 371 g/mol. The summed E-state index contributed by atoms with van der Waals surface area (Å²) < 4.78 is 40.5. The van der Waals surface area contributed by atoms with Gasteiger partial charge >= 0.3 is 12.1 Å². The fourth-order valence-corrected chi connectivity index (χ4v) is 3.73. The minimum atomic E-state index is -4.69. The van der Waals surface area contributed by atoms with Crippen molar-refractivity contribution in [1.82, 2.24) is 4.98 Å². The van der Waals surface area contributed by atoms with Gasteiger partial charge in [0.1, 0.15) is 5.56 Å². The zero-order valence-electron chi connectivity index (χ0n) is 14.6. The Labute approximate surface area is 158 Å². The Bertz CT molecular complexity index is 1070. The summed E-state index contributed by atoms with van der Waals surface area (Å²) >= 11 is 0. The van der Waals surface area contributed by atoms with Crippen LogP contribution in [0.3, 0.4) is 0 Å². The standard InChI is InChI=1S/C21H16F3NO3/c22-21(23,24)14-8-4-7-13-15(19(27)28)17(26)18(25-16(13)14)20(9-10-20)11-12-5-2-1-3-6-12/h1-8,26H,9-11H2,(H,27,28). The van der Waals surface area contributed by atoms with Crippen molar-refractivity contribution in [3.8, 4) is 5.75 Å². The van der Waals surface area contributed by atoms with Crippen molar-refractivity contribution in [2.45, 2.75) is 30.9 Å². The predicted octanol–water partition coefficient (Wildman–Crippen LogP) is 4.93. The second-order valence-corrected chi connectivity index (χ2v) is 7.13. The number of carboxylic acid groups (broad SMARTS) is 1. The van der Waals surface area contributed by atoms with Gasteiger partial charge in [-0.05, 0) is 30.9 Å². The first kappa shape index (κ1) is 18.3. The Hall–Kier alpha value is -3.09. The molecule has 1 saturated carbocycles. The van der Waals surface area contributed by atoms with Crippen LogP contribution in [0.2, 0.25) is 0 Å². The molecule has 28 heavy (non-hydrogen) atoms. The molecule has 7 heteroatoms. The molecule has 4 rings (SSSR count). The van der Waals surface area contributed by atoms with Crippen LogP contribution in [-0.2, 0) is 18.0 Å². The molecule has 3 aromatic rings. The molecule has 0 unspecified atom stereocenters. The number of para-hydroxylation sites is 1. The van der Waals surface area contributed by atoms with Crippen LogP contribution >= 0.6 is 0 Å². The maximum atomic E-state index is 13.5. The molecule has 0 bridgehead atoms. The molecule has 0 atom stereocenters. The van der Waals surface area contributed by atoms with Gasteiger partial charge in [0, 0.05) is 10.8 Å². The number of hydrogen-bond acceptors (Lipinski definition) is 3. The number of benzene rings is 2. The number of pyridine rings is 1. The molecule has 0 spiro atoms. The van der Waals surface area contributed by atoms with Gasteiger partial charge < -0.3 is 10.2 Å². The molecular formula is C21H16F3NO3. The van der Waals surface area contributed by atoms with Crippen LogP contribution in [-0.4, -0.2) is 21.2 Å². The number of nitrogens with zero attached hydrogens (tertiary/aromatic N) is 1. The van der Waals surface area contributed by atoms with Gasteiger partial charge in [-0.3, -0.25) is 0 Å². The lowest BCUT2D eigenvalue weighted by Gasteiger charge is -2.20. The summed E-state index contributed by atoms with van der Waals surface area (Å²) in [7, 11) is 0. The minimum Gasteiger partial charge on any atom is -0.505 e. The average Bonchev–Trinajstić information content (AvgIpc) is 3.40. The number of rotatable bonds is 4. The SMILES string of the molecule is O=C(O)c1c(O)c(C2(Cc3ccccc3)CC2)nc2c(C(F)(F)F)cccc12. The van der Waals surface area contributed by atoms with Crippen LogP contribution in [0.4, 0.5) is 13.2 Å². The van der Waals surface area contributed by atoms with Crippen LogP contribution in [0, 0.1) is 0 Å². The highest BCUT2D eigenvalue weighted by Crippen LogP contribution is 2.54. The molecule has 0 saturated heterocycles. The highest BCUT2D eigenvalue weighted by atomic mass is 19.4. The van der Waals surface area contributed by atoms with Crippen molar-refractivity contribution in [2.75, 3.05) is 0 Å². The third kappa shape index (κ3) is 2.96. The maximum Gasteiger partial charge on any atom is 0.418 e. The molecule has 2 aromatic carbocycles. The van der Waals surface area contributed by atoms with Gasteiger partial charge in [0.05, 0.1) is 16.8 Å². The van der Waals surface area contributed by atoms with Gasteiger partial charge in [-0.1, -0.05) is 42.5 Å². The fourth-order valence-electron chi connectivity index (χ4n) is 3.73. The molecule has 1 aliphatic carbocycles. The summed E-state index contributed by atoms with van der Waals surface area (Å²) in [5, 5.41) is 20.0. The summed E-state index contributed by atoms with van der Waals surface area (Å²) in [4.78, 5) is 16.0. The number of carboxylic acids is 1. The fraction of sp³-hybridized carbons (Fsp3) is 0.238. The minimum absolute atomic E-state index is 0.0259. The molecule has 1 fully saturated rings. The number of aromatic hydroxyl groups is 1. The lowest BCUT2D eigenvalue weighted by atomic mass is 9.89. The van der Waals surface area contributed by atoms with E-state index in [9.17, 15) is 28.2 Å². The first-order valence-electron chi connectivity index (χ1n) is 8.73. The van der Waals surface area contributed by atoms with Gasteiger partial charge in [-0.15, -0.1) is 0 Å². The van der Waals surface area contributed by atoms with E-state index in [1.165, 1.54) is 6.07 Å². The van der Waals surface area contributed by atoms with Crippen molar-refractivity contribution in [3.63, 3.8) is 0 Å². The van der Waals surface area contributed by atoms with Crippen molar-refractivity contribution < 1.29 is 28.2 Å². The van der Waals surface area contributed by atoms with Crippen LogP contribution in [0.25, 0.3) is 10.9 Å². The summed E-state index contributed by atoms with van der Waals surface area (Å²) in [5.74, 6) is -2.03. The van der Waals surface area contributed by atoms with Crippen LogP contribution < -0.4 is 0 Å². The van der Waals surface area contributed by atoms with Gasteiger partial charge in [0.25, 0.3) is 0 Å². The maximum absolute atomic E-state index is 13.5. The van der Waals surface area contributed by atoms with E-state index in [1.807, 2.05) is 30.3 Å². The number of fused-ring (bicyclic) bond motifs is 1. The molecule has 1 aromatic heterocycles. The van der Waals surface area contributed by atoms with Crippen molar-refractivity contribution in [3.05, 3.63) is 70.9 Å². The van der Waals surface area contributed by atoms with Gasteiger partial charge in [-0.2, -0.15) is 13.2 Å². The highest BCUT2D eigenvalue weighted by molar-refractivity contribution is 6.06. The smallest absolute Gasteiger partial charge is 0.418 e. The number of alkyl halides is 3. The number of aromatic nitrogens is 1. The monoisotopic (exact) mass is 387 g/mol. The summed E-state index contributed by atoms with van der Waals surface area (Å²) in [6.07, 6.45) is -3.00. The van der Waals surface area contributed by atoms with Crippen molar-refractivity contribution >= 4 is 16.9 Å². The van der Waals surface area contributed by atoms with Crippen LogP contribution in [0.5, 0.6) is 5.75 Å². The number of aromatic carboxylic acids is 1. The Morgan fingerprint density at radius 3 is 2.32 bits per heavy atom. The molecule has 1 heterocycles. The molecule has 144 valence electrons. The van der Waals surface area contributed by atoms with Gasteiger partial charge in [0.2, 0.25) is 0 Å². The summed E-state index contributed by atoms with van der Waals surface area (Å²) in [5.41, 5.74) is -1.68. The van der Waals surface area contributed by atoms with Crippen molar-refractivity contribution in [2.24, 2.45) is 0 Å². The lowest BCUT2D eigenvalue weighted by molar-refractivity contribution is -0.136. The molecule has 4 nitrogen and oxygen atoms in total. The van der Waals surface area contributed by atoms with Gasteiger partial charge in [0.15, 0.2) is 5.75 Å². The average molecular weight is 387 g/mol. The number of halogens is 3. The molecule has 0 amide bonds. The van der Waals surface area contributed by atoms with E-state index >= 15 is 0 Å². The summed E-state index contributed by atoms with van der Waals surface area (Å²) in [6.45, 7) is 0. The third-order valence-corrected chi connectivity index (χ3v) is 5.25. The third-order valence-electron chi connectivity index (χ3n) is 5.25. The predicted molar refractivity (Wildman–Crippen MR) is 96.4 cm³/mol. The quantitative estimate of drug-likeness (QED) is 0.666. The van der Waals surface area contributed by atoms with Crippen LogP contribution in [0.15, 0.2) is 48.5 Å². The summed E-state index contributed by atoms with van der Waals surface area (Å²) in [6, 6.07) is 12.6. The topological polar surface area (TPSA) is 70.4 Å². The van der Waals surface area contributed by atoms with E-state index < -0.39 is 40.0 Å². The Morgan fingerprint density at radius 1 is 1.07 bits per heavy atom. The zero-order chi connectivity index (χ0) is 20.1. The lowest BCUT2D eigenvalue weighted by Crippen LogP contribution is -2.17. The normalized spacial score (nSPS) is 15.5. The van der Waals surface area contributed by atoms with Crippen molar-refractivity contribution in [1.29, 1.82) is 0 Å². The van der Waals surface area contributed by atoms with E-state index in [4.69, 9.17) is 0 Å². The largest absolute Gasteiger partial charge is 0.505 e. The first-order chi connectivity index (χ1) is 13.2. The van der Waals surface area contributed by atoms with E-state index in [0.717, 1.165) is 17.7 Å². The Balaban J connectivity index is 1.97. The second-order valence-electron chi connectivity index (χ2n) is 7.13. The van der Waals surface area contributed by atoms with E-state index in [2.05, 4.69) is 4.98 Å². The molecule has 2 N–H and O–H groups in total. The van der Waals surface area contributed by atoms with E-state index in [0.29, 0.717) is 19.3 Å².